The van der Waals surface area contributed by atoms with Crippen LogP contribution in [0.5, 0.6) is 0 Å². The highest BCUT2D eigenvalue weighted by Gasteiger charge is 2.54. The normalized spacial score (nSPS) is 38.1. The lowest BCUT2D eigenvalue weighted by Gasteiger charge is -1.96. The molecule has 1 fully saturated rings. The molecule has 2 atom stereocenters. The van der Waals surface area contributed by atoms with E-state index >= 15 is 0 Å². The van der Waals surface area contributed by atoms with E-state index in [-0.39, 0.29) is 0 Å². The Kier molecular flexibility index (Phi) is 1.39. The quantitative estimate of drug-likeness (QED) is 0.555. The summed E-state index contributed by atoms with van der Waals surface area (Å²) in [6, 6.07) is 0. The molecule has 0 spiro atoms. The first kappa shape index (κ1) is 6.81. The molecular weight excluding hydrogens is 112 g/mol. The van der Waals surface area contributed by atoms with E-state index < -0.39 is 0 Å². The Balaban J connectivity index is 2.54. The first-order chi connectivity index (χ1) is 4.14. The molecule has 1 N–H and O–H groups in total. The first-order valence-electron chi connectivity index (χ1n) is 3.38. The Labute approximate surface area is 56.4 Å². The van der Waals surface area contributed by atoms with Gasteiger partial charge in [0.15, 0.2) is 0 Å². The minimum absolute atomic E-state index is 0.309. The van der Waals surface area contributed by atoms with Crippen LogP contribution in [0.3, 0.4) is 0 Å². The molecule has 0 radical (unpaired) electrons. The van der Waals surface area contributed by atoms with Gasteiger partial charge in [-0.05, 0) is 17.3 Å². The second kappa shape index (κ2) is 1.84. The van der Waals surface area contributed by atoms with Gasteiger partial charge in [-0.15, -0.1) is 6.58 Å². The Bertz CT molecular complexity index is 127. The molecule has 0 aromatic carbocycles. The summed E-state index contributed by atoms with van der Waals surface area (Å²) in [5, 5.41) is 8.80. The molecular formula is C8H14O. The fourth-order valence-electron chi connectivity index (χ4n) is 1.60. The number of rotatable bonds is 2. The lowest BCUT2D eigenvalue weighted by Crippen LogP contribution is -1.93. The van der Waals surface area contributed by atoms with Gasteiger partial charge in [0, 0.05) is 6.61 Å². The molecule has 0 heterocycles. The van der Waals surface area contributed by atoms with Gasteiger partial charge in [-0.25, -0.2) is 0 Å². The molecule has 0 amide bonds. The summed E-state index contributed by atoms with van der Waals surface area (Å²) in [5.41, 5.74) is 0.316. The van der Waals surface area contributed by atoms with Gasteiger partial charge in [0.2, 0.25) is 0 Å². The van der Waals surface area contributed by atoms with Crippen molar-refractivity contribution in [2.45, 2.75) is 13.8 Å². The van der Waals surface area contributed by atoms with Crippen molar-refractivity contribution in [1.82, 2.24) is 0 Å². The third kappa shape index (κ3) is 0.799. The standard InChI is InChI=1S/C8H14O/c1-4-6-7(5-9)8(6,2)3/h4,6-7,9H,1,5H2,2-3H3/t6-,7+/m1/s1. The second-order valence-corrected chi connectivity index (χ2v) is 3.37. The molecule has 0 unspecified atom stereocenters. The van der Waals surface area contributed by atoms with E-state index in [0.717, 1.165) is 0 Å². The van der Waals surface area contributed by atoms with E-state index in [2.05, 4.69) is 20.4 Å². The van der Waals surface area contributed by atoms with Crippen LogP contribution in [0.25, 0.3) is 0 Å². The van der Waals surface area contributed by atoms with E-state index in [1.165, 1.54) is 0 Å². The van der Waals surface area contributed by atoms with Crippen LogP contribution >= 0.6 is 0 Å². The maximum atomic E-state index is 8.80. The van der Waals surface area contributed by atoms with Crippen LogP contribution in [-0.4, -0.2) is 11.7 Å². The minimum atomic E-state index is 0.309. The number of hydrogen-bond acceptors (Lipinski definition) is 1. The van der Waals surface area contributed by atoms with E-state index in [1.54, 1.807) is 0 Å². The highest BCUT2D eigenvalue weighted by Crippen LogP contribution is 2.58. The molecule has 52 valence electrons. The van der Waals surface area contributed by atoms with Crippen LogP contribution in [-0.2, 0) is 0 Å². The van der Waals surface area contributed by atoms with Gasteiger partial charge in [-0.2, -0.15) is 0 Å². The van der Waals surface area contributed by atoms with Crippen LogP contribution in [0.15, 0.2) is 12.7 Å². The van der Waals surface area contributed by atoms with E-state index in [4.69, 9.17) is 5.11 Å². The fraction of sp³-hybridized carbons (Fsp3) is 0.750. The van der Waals surface area contributed by atoms with Crippen molar-refractivity contribution in [2.24, 2.45) is 17.3 Å². The molecule has 0 aromatic heterocycles. The average molecular weight is 126 g/mol. The molecule has 1 aliphatic carbocycles. The summed E-state index contributed by atoms with van der Waals surface area (Å²) in [6.07, 6.45) is 1.95. The molecule has 1 saturated carbocycles. The van der Waals surface area contributed by atoms with Gasteiger partial charge in [0.25, 0.3) is 0 Å². The van der Waals surface area contributed by atoms with Crippen LogP contribution in [0.4, 0.5) is 0 Å². The smallest absolute Gasteiger partial charge is 0.0470 e. The Morgan fingerprint density at radius 2 is 2.22 bits per heavy atom. The van der Waals surface area contributed by atoms with Gasteiger partial charge >= 0.3 is 0 Å². The van der Waals surface area contributed by atoms with Crippen molar-refractivity contribution in [3.8, 4) is 0 Å². The molecule has 1 nitrogen and oxygen atoms in total. The molecule has 0 bridgehead atoms. The Morgan fingerprint density at radius 1 is 1.67 bits per heavy atom. The maximum absolute atomic E-state index is 8.80. The van der Waals surface area contributed by atoms with Crippen molar-refractivity contribution < 1.29 is 5.11 Å². The van der Waals surface area contributed by atoms with Gasteiger partial charge in [0.1, 0.15) is 0 Å². The zero-order valence-electron chi connectivity index (χ0n) is 6.09. The number of allylic oxidation sites excluding steroid dienone is 1. The topological polar surface area (TPSA) is 20.2 Å². The fourth-order valence-corrected chi connectivity index (χ4v) is 1.60. The van der Waals surface area contributed by atoms with Crippen molar-refractivity contribution in [1.29, 1.82) is 0 Å². The summed E-state index contributed by atoms with van der Waals surface area (Å²) in [7, 11) is 0. The van der Waals surface area contributed by atoms with Crippen molar-refractivity contribution in [3.05, 3.63) is 12.7 Å². The lowest BCUT2D eigenvalue weighted by molar-refractivity contribution is 0.256. The van der Waals surface area contributed by atoms with Crippen molar-refractivity contribution in [3.63, 3.8) is 0 Å². The highest BCUT2D eigenvalue weighted by molar-refractivity contribution is 5.11. The molecule has 1 rings (SSSR count). The van der Waals surface area contributed by atoms with Crippen LogP contribution in [0.1, 0.15) is 13.8 Å². The van der Waals surface area contributed by atoms with E-state index in [1.807, 2.05) is 6.08 Å². The summed E-state index contributed by atoms with van der Waals surface area (Å²) in [4.78, 5) is 0. The maximum Gasteiger partial charge on any atom is 0.0470 e. The van der Waals surface area contributed by atoms with Gasteiger partial charge in [-0.3, -0.25) is 0 Å². The SMILES string of the molecule is C=C[C@@H]1[C@H](CO)C1(C)C. The zero-order chi connectivity index (χ0) is 7.07. The number of aliphatic hydroxyl groups is 1. The molecule has 9 heavy (non-hydrogen) atoms. The lowest BCUT2D eigenvalue weighted by atomic mass is 10.1. The zero-order valence-corrected chi connectivity index (χ0v) is 6.09. The molecule has 1 heteroatoms. The number of aliphatic hydroxyl groups excluding tert-OH is 1. The third-order valence-corrected chi connectivity index (χ3v) is 2.59. The third-order valence-electron chi connectivity index (χ3n) is 2.59. The molecule has 0 aliphatic heterocycles. The minimum Gasteiger partial charge on any atom is -0.396 e. The second-order valence-electron chi connectivity index (χ2n) is 3.37. The predicted octanol–water partition coefficient (Wildman–Crippen LogP) is 1.44. The largest absolute Gasteiger partial charge is 0.396 e. The Morgan fingerprint density at radius 3 is 2.33 bits per heavy atom. The summed E-state index contributed by atoms with van der Waals surface area (Å²) in [5.74, 6) is 1.01. The van der Waals surface area contributed by atoms with Gasteiger partial charge in [0.05, 0.1) is 0 Å². The first-order valence-corrected chi connectivity index (χ1v) is 3.38. The summed E-state index contributed by atoms with van der Waals surface area (Å²) >= 11 is 0. The molecule has 0 aromatic rings. The number of hydrogen-bond donors (Lipinski definition) is 1. The van der Waals surface area contributed by atoms with Crippen LogP contribution < -0.4 is 0 Å². The highest BCUT2D eigenvalue weighted by atomic mass is 16.3. The van der Waals surface area contributed by atoms with Crippen molar-refractivity contribution in [2.75, 3.05) is 6.61 Å². The summed E-state index contributed by atoms with van der Waals surface area (Å²) < 4.78 is 0. The monoisotopic (exact) mass is 126 g/mol. The van der Waals surface area contributed by atoms with Crippen LogP contribution in [0, 0.1) is 17.3 Å². The predicted molar refractivity (Wildman–Crippen MR) is 38.0 cm³/mol. The average Bonchev–Trinajstić information content (AvgIpc) is 2.32. The van der Waals surface area contributed by atoms with Gasteiger partial charge in [-0.1, -0.05) is 19.9 Å². The van der Waals surface area contributed by atoms with E-state index in [0.29, 0.717) is 23.9 Å². The van der Waals surface area contributed by atoms with Gasteiger partial charge < -0.3 is 5.11 Å². The summed E-state index contributed by atoms with van der Waals surface area (Å²) in [6.45, 7) is 8.35. The van der Waals surface area contributed by atoms with Crippen LogP contribution in [0.2, 0.25) is 0 Å². The molecule has 1 aliphatic rings. The van der Waals surface area contributed by atoms with Crippen molar-refractivity contribution >= 4 is 0 Å². The molecule has 0 saturated heterocycles. The van der Waals surface area contributed by atoms with E-state index in [9.17, 15) is 0 Å². The Hall–Kier alpha value is -0.300.